The van der Waals surface area contributed by atoms with Crippen LogP contribution in [0.4, 0.5) is 0 Å². The lowest BCUT2D eigenvalue weighted by Gasteiger charge is -2.36. The summed E-state index contributed by atoms with van der Waals surface area (Å²) in [6, 6.07) is 0.396. The summed E-state index contributed by atoms with van der Waals surface area (Å²) in [5.74, 6) is 0.726. The van der Waals surface area contributed by atoms with E-state index >= 15 is 0 Å². The van der Waals surface area contributed by atoms with Crippen LogP contribution in [0.25, 0.3) is 0 Å². The van der Waals surface area contributed by atoms with Crippen molar-refractivity contribution in [2.75, 3.05) is 18.9 Å². The lowest BCUT2D eigenvalue weighted by atomic mass is 9.91. The zero-order valence-electron chi connectivity index (χ0n) is 10.7. The Morgan fingerprint density at radius 3 is 2.62 bits per heavy atom. The highest BCUT2D eigenvalue weighted by Gasteiger charge is 2.27. The fourth-order valence-electron chi connectivity index (χ4n) is 2.77. The highest BCUT2D eigenvalue weighted by molar-refractivity contribution is 9.09. The van der Waals surface area contributed by atoms with E-state index < -0.39 is 0 Å². The fraction of sp³-hybridized carbons (Fsp3) is 1.00. The van der Waals surface area contributed by atoms with Crippen LogP contribution in [-0.4, -0.2) is 41.1 Å². The number of hydrogen-bond acceptors (Lipinski definition) is 2. The molecule has 0 aliphatic heterocycles. The van der Waals surface area contributed by atoms with Gasteiger partial charge in [0.1, 0.15) is 0 Å². The number of hydrogen-bond donors (Lipinski definition) is 1. The molecular formula is C13H26BrNO. The van der Waals surface area contributed by atoms with Gasteiger partial charge in [-0.05, 0) is 32.2 Å². The molecule has 1 N–H and O–H groups in total. The van der Waals surface area contributed by atoms with Crippen LogP contribution in [0, 0.1) is 5.92 Å². The smallest absolute Gasteiger partial charge is 0.0695 e. The number of aliphatic hydroxyl groups is 1. The van der Waals surface area contributed by atoms with Crippen LogP contribution in [0.5, 0.6) is 0 Å². The fourth-order valence-corrected chi connectivity index (χ4v) is 3.30. The van der Waals surface area contributed by atoms with E-state index in [0.29, 0.717) is 6.04 Å². The molecule has 0 heterocycles. The standard InChI is InChI=1S/C13H26BrNO/c1-3-6-11(9-14)10-15(2)12-7-4-5-8-13(12)16/h11-13,16H,3-10H2,1-2H3. The maximum absolute atomic E-state index is 10.0. The second-order valence-corrected chi connectivity index (χ2v) is 5.82. The Hall–Kier alpha value is 0.400. The molecule has 96 valence electrons. The number of rotatable bonds is 6. The Morgan fingerprint density at radius 2 is 2.06 bits per heavy atom. The van der Waals surface area contributed by atoms with Crippen molar-refractivity contribution in [2.45, 2.75) is 57.6 Å². The molecule has 0 radical (unpaired) electrons. The first-order valence-corrected chi connectivity index (χ1v) is 7.75. The normalized spacial score (nSPS) is 28.3. The Balaban J connectivity index is 2.39. The van der Waals surface area contributed by atoms with Gasteiger partial charge in [0.2, 0.25) is 0 Å². The van der Waals surface area contributed by atoms with E-state index in [1.54, 1.807) is 0 Å². The van der Waals surface area contributed by atoms with Crippen molar-refractivity contribution in [3.8, 4) is 0 Å². The summed E-state index contributed by atoms with van der Waals surface area (Å²) in [5.41, 5.74) is 0. The first-order chi connectivity index (χ1) is 7.69. The molecule has 0 bridgehead atoms. The van der Waals surface area contributed by atoms with E-state index in [4.69, 9.17) is 0 Å². The quantitative estimate of drug-likeness (QED) is 0.761. The van der Waals surface area contributed by atoms with Gasteiger partial charge in [0, 0.05) is 17.9 Å². The molecule has 0 amide bonds. The van der Waals surface area contributed by atoms with Gasteiger partial charge in [0.15, 0.2) is 0 Å². The van der Waals surface area contributed by atoms with Crippen molar-refractivity contribution >= 4 is 15.9 Å². The van der Waals surface area contributed by atoms with E-state index in [2.05, 4.69) is 34.8 Å². The topological polar surface area (TPSA) is 23.5 Å². The first kappa shape index (κ1) is 14.5. The molecule has 3 heteroatoms. The molecule has 0 saturated heterocycles. The Morgan fingerprint density at radius 1 is 1.38 bits per heavy atom. The van der Waals surface area contributed by atoms with Gasteiger partial charge >= 0.3 is 0 Å². The molecule has 16 heavy (non-hydrogen) atoms. The van der Waals surface area contributed by atoms with Crippen LogP contribution in [0.15, 0.2) is 0 Å². The Kier molecular flexibility index (Phi) is 6.94. The monoisotopic (exact) mass is 291 g/mol. The first-order valence-electron chi connectivity index (χ1n) is 6.63. The maximum Gasteiger partial charge on any atom is 0.0695 e. The summed E-state index contributed by atoms with van der Waals surface area (Å²) in [6.07, 6.45) is 7.05. The van der Waals surface area contributed by atoms with Gasteiger partial charge in [-0.1, -0.05) is 42.1 Å². The number of halogens is 1. The number of nitrogens with zero attached hydrogens (tertiary/aromatic N) is 1. The van der Waals surface area contributed by atoms with Crippen molar-refractivity contribution in [2.24, 2.45) is 5.92 Å². The summed E-state index contributed by atoms with van der Waals surface area (Å²) < 4.78 is 0. The van der Waals surface area contributed by atoms with Crippen molar-refractivity contribution in [1.29, 1.82) is 0 Å². The van der Waals surface area contributed by atoms with Gasteiger partial charge < -0.3 is 10.0 Å². The van der Waals surface area contributed by atoms with E-state index in [1.807, 2.05) is 0 Å². The van der Waals surface area contributed by atoms with Crippen molar-refractivity contribution < 1.29 is 5.11 Å². The molecule has 2 nitrogen and oxygen atoms in total. The summed E-state index contributed by atoms with van der Waals surface area (Å²) in [7, 11) is 2.17. The van der Waals surface area contributed by atoms with Gasteiger partial charge in [-0.15, -0.1) is 0 Å². The van der Waals surface area contributed by atoms with Crippen molar-refractivity contribution in [1.82, 2.24) is 4.90 Å². The molecule has 1 fully saturated rings. The second kappa shape index (κ2) is 7.67. The molecule has 3 unspecified atom stereocenters. The number of likely N-dealkylation sites (N-methyl/N-ethyl adjacent to an activating group) is 1. The maximum atomic E-state index is 10.0. The molecule has 3 atom stereocenters. The summed E-state index contributed by atoms with van der Waals surface area (Å²) in [6.45, 7) is 3.35. The predicted molar refractivity (Wildman–Crippen MR) is 73.1 cm³/mol. The van der Waals surface area contributed by atoms with Crippen LogP contribution >= 0.6 is 15.9 Å². The van der Waals surface area contributed by atoms with Gasteiger partial charge in [-0.3, -0.25) is 0 Å². The Labute approximate surface area is 109 Å². The molecule has 0 aromatic heterocycles. The molecular weight excluding hydrogens is 266 g/mol. The second-order valence-electron chi connectivity index (χ2n) is 5.17. The minimum atomic E-state index is -0.101. The lowest BCUT2D eigenvalue weighted by molar-refractivity contribution is 0.0265. The van der Waals surface area contributed by atoms with Crippen LogP contribution < -0.4 is 0 Å². The summed E-state index contributed by atoms with van der Waals surface area (Å²) in [4.78, 5) is 2.38. The molecule has 1 aliphatic carbocycles. The van der Waals surface area contributed by atoms with Crippen LogP contribution in [-0.2, 0) is 0 Å². The molecule has 1 saturated carbocycles. The predicted octanol–water partition coefficient (Wildman–Crippen LogP) is 3.03. The van der Waals surface area contributed by atoms with E-state index in [0.717, 1.165) is 24.2 Å². The van der Waals surface area contributed by atoms with Crippen LogP contribution in [0.2, 0.25) is 0 Å². The highest BCUT2D eigenvalue weighted by atomic mass is 79.9. The van der Waals surface area contributed by atoms with Crippen LogP contribution in [0.3, 0.4) is 0 Å². The Bertz CT molecular complexity index is 189. The third kappa shape index (κ3) is 4.34. The zero-order valence-corrected chi connectivity index (χ0v) is 12.2. The van der Waals surface area contributed by atoms with E-state index in [9.17, 15) is 5.11 Å². The van der Waals surface area contributed by atoms with Crippen molar-refractivity contribution in [3.05, 3.63) is 0 Å². The van der Waals surface area contributed by atoms with Gasteiger partial charge in [0.05, 0.1) is 6.10 Å². The molecule has 1 rings (SSSR count). The third-order valence-corrected chi connectivity index (χ3v) is 4.64. The largest absolute Gasteiger partial charge is 0.391 e. The summed E-state index contributed by atoms with van der Waals surface area (Å²) >= 11 is 3.60. The van der Waals surface area contributed by atoms with Crippen molar-refractivity contribution in [3.63, 3.8) is 0 Å². The molecule has 0 spiro atoms. The van der Waals surface area contributed by atoms with Gasteiger partial charge in [0.25, 0.3) is 0 Å². The third-order valence-electron chi connectivity index (χ3n) is 3.72. The molecule has 0 aromatic rings. The zero-order chi connectivity index (χ0) is 12.0. The minimum Gasteiger partial charge on any atom is -0.391 e. The SMILES string of the molecule is CCCC(CBr)CN(C)C1CCCCC1O. The van der Waals surface area contributed by atoms with Gasteiger partial charge in [-0.25, -0.2) is 0 Å². The van der Waals surface area contributed by atoms with Crippen LogP contribution in [0.1, 0.15) is 45.4 Å². The molecule has 0 aromatic carbocycles. The average Bonchev–Trinajstić information content (AvgIpc) is 2.28. The minimum absolute atomic E-state index is 0.101. The van der Waals surface area contributed by atoms with E-state index in [1.165, 1.54) is 32.1 Å². The lowest BCUT2D eigenvalue weighted by Crippen LogP contribution is -2.45. The summed E-state index contributed by atoms with van der Waals surface area (Å²) in [5, 5.41) is 11.1. The van der Waals surface area contributed by atoms with E-state index in [-0.39, 0.29) is 6.10 Å². The number of aliphatic hydroxyl groups excluding tert-OH is 1. The average molecular weight is 292 g/mol. The molecule has 1 aliphatic rings. The number of alkyl halides is 1. The highest BCUT2D eigenvalue weighted by Crippen LogP contribution is 2.23. The van der Waals surface area contributed by atoms with Gasteiger partial charge in [-0.2, -0.15) is 0 Å².